The quantitative estimate of drug-likeness (QED) is 0.943. The van der Waals surface area contributed by atoms with Gasteiger partial charge < -0.3 is 5.73 Å². The van der Waals surface area contributed by atoms with Gasteiger partial charge in [0, 0.05) is 38.1 Å². The van der Waals surface area contributed by atoms with Crippen molar-refractivity contribution in [2.24, 2.45) is 5.73 Å². The average Bonchev–Trinajstić information content (AvgIpc) is 2.83. The molecule has 1 aromatic heterocycles. The van der Waals surface area contributed by atoms with E-state index in [2.05, 4.69) is 54.9 Å². The molecular weight excluding hydrogens is 270 g/mol. The second kappa shape index (κ2) is 5.82. The van der Waals surface area contributed by atoms with Crippen LogP contribution in [0.2, 0.25) is 0 Å². The molecule has 0 saturated carbocycles. The van der Waals surface area contributed by atoms with Crippen molar-refractivity contribution in [3.8, 4) is 0 Å². The van der Waals surface area contributed by atoms with Gasteiger partial charge >= 0.3 is 0 Å². The Morgan fingerprint density at radius 1 is 1.27 bits per heavy atom. The molecule has 1 unspecified atom stereocenters. The molecule has 0 bridgehead atoms. The van der Waals surface area contributed by atoms with Gasteiger partial charge in [-0.2, -0.15) is 0 Å². The molecule has 0 amide bonds. The Morgan fingerprint density at radius 3 is 2.73 bits per heavy atom. The highest BCUT2D eigenvalue weighted by Gasteiger charge is 2.30. The standard InChI is InChI=1S/C19H25N3/c1-19(2,3)16-7-6-15-13-22(18(10-20)17(15)9-16)12-14-5-4-8-21-11-14/h4-9,11,18H,10,12-13,20H2,1-3H3. The van der Waals surface area contributed by atoms with E-state index >= 15 is 0 Å². The molecule has 3 heteroatoms. The third-order valence-corrected chi connectivity index (χ3v) is 4.52. The largest absolute Gasteiger partial charge is 0.329 e. The maximum Gasteiger partial charge on any atom is 0.0480 e. The summed E-state index contributed by atoms with van der Waals surface area (Å²) in [7, 11) is 0. The number of pyridine rings is 1. The summed E-state index contributed by atoms with van der Waals surface area (Å²) in [6, 6.07) is 11.3. The van der Waals surface area contributed by atoms with Crippen molar-refractivity contribution < 1.29 is 0 Å². The smallest absolute Gasteiger partial charge is 0.0480 e. The van der Waals surface area contributed by atoms with Gasteiger partial charge in [0.05, 0.1) is 0 Å². The zero-order valence-corrected chi connectivity index (χ0v) is 13.7. The molecule has 0 saturated heterocycles. The van der Waals surface area contributed by atoms with Crippen LogP contribution in [0.25, 0.3) is 0 Å². The molecule has 22 heavy (non-hydrogen) atoms. The van der Waals surface area contributed by atoms with Crippen LogP contribution in [0, 0.1) is 0 Å². The average molecular weight is 295 g/mol. The van der Waals surface area contributed by atoms with Crippen molar-refractivity contribution in [2.75, 3.05) is 6.54 Å². The van der Waals surface area contributed by atoms with Crippen molar-refractivity contribution in [2.45, 2.75) is 45.3 Å². The molecule has 2 aromatic rings. The molecule has 1 atom stereocenters. The van der Waals surface area contributed by atoms with Crippen LogP contribution < -0.4 is 5.73 Å². The third kappa shape index (κ3) is 2.92. The van der Waals surface area contributed by atoms with E-state index in [9.17, 15) is 0 Å². The van der Waals surface area contributed by atoms with Crippen molar-refractivity contribution in [1.82, 2.24) is 9.88 Å². The molecule has 2 N–H and O–H groups in total. The van der Waals surface area contributed by atoms with Gasteiger partial charge in [0.2, 0.25) is 0 Å². The van der Waals surface area contributed by atoms with Crippen LogP contribution in [0.1, 0.15) is 49.1 Å². The van der Waals surface area contributed by atoms with E-state index in [1.165, 1.54) is 22.3 Å². The van der Waals surface area contributed by atoms with E-state index < -0.39 is 0 Å². The Kier molecular flexibility index (Phi) is 4.02. The number of nitrogens with zero attached hydrogens (tertiary/aromatic N) is 2. The number of nitrogens with two attached hydrogens (primary N) is 1. The Balaban J connectivity index is 1.88. The number of benzene rings is 1. The maximum atomic E-state index is 6.09. The van der Waals surface area contributed by atoms with Crippen LogP contribution in [-0.2, 0) is 18.5 Å². The number of rotatable bonds is 3. The summed E-state index contributed by atoms with van der Waals surface area (Å²) in [5.74, 6) is 0. The molecule has 0 aliphatic carbocycles. The van der Waals surface area contributed by atoms with Gasteiger partial charge in [0.25, 0.3) is 0 Å². The summed E-state index contributed by atoms with van der Waals surface area (Å²) < 4.78 is 0. The number of aromatic nitrogens is 1. The van der Waals surface area contributed by atoms with Crippen LogP contribution in [0.5, 0.6) is 0 Å². The van der Waals surface area contributed by atoms with E-state index in [0.717, 1.165) is 13.1 Å². The van der Waals surface area contributed by atoms with Crippen LogP contribution in [0.3, 0.4) is 0 Å². The molecule has 3 nitrogen and oxygen atoms in total. The lowest BCUT2D eigenvalue weighted by Crippen LogP contribution is -2.27. The number of fused-ring (bicyclic) bond motifs is 1. The van der Waals surface area contributed by atoms with Crippen LogP contribution in [-0.4, -0.2) is 16.4 Å². The van der Waals surface area contributed by atoms with Crippen molar-refractivity contribution in [3.63, 3.8) is 0 Å². The van der Waals surface area contributed by atoms with Gasteiger partial charge in [-0.3, -0.25) is 9.88 Å². The van der Waals surface area contributed by atoms with Crippen LogP contribution >= 0.6 is 0 Å². The first-order valence-corrected chi connectivity index (χ1v) is 7.95. The van der Waals surface area contributed by atoms with Crippen LogP contribution in [0.4, 0.5) is 0 Å². The minimum Gasteiger partial charge on any atom is -0.329 e. The van der Waals surface area contributed by atoms with E-state index in [1.54, 1.807) is 0 Å². The molecule has 1 aliphatic rings. The van der Waals surface area contributed by atoms with E-state index in [1.807, 2.05) is 18.5 Å². The SMILES string of the molecule is CC(C)(C)c1ccc2c(c1)C(CN)N(Cc1cccnc1)C2. The minimum absolute atomic E-state index is 0.172. The van der Waals surface area contributed by atoms with Crippen molar-refractivity contribution in [1.29, 1.82) is 0 Å². The topological polar surface area (TPSA) is 42.1 Å². The Hall–Kier alpha value is -1.71. The summed E-state index contributed by atoms with van der Waals surface area (Å²) in [5, 5.41) is 0. The summed E-state index contributed by atoms with van der Waals surface area (Å²) in [6.07, 6.45) is 3.76. The van der Waals surface area contributed by atoms with Gasteiger partial charge in [-0.1, -0.05) is 45.0 Å². The molecule has 2 heterocycles. The highest BCUT2D eigenvalue weighted by molar-refractivity contribution is 5.40. The second-order valence-corrected chi connectivity index (χ2v) is 7.18. The molecule has 3 rings (SSSR count). The highest BCUT2D eigenvalue weighted by atomic mass is 15.2. The monoisotopic (exact) mass is 295 g/mol. The molecule has 1 aromatic carbocycles. The molecular formula is C19H25N3. The van der Waals surface area contributed by atoms with Gasteiger partial charge in [0.15, 0.2) is 0 Å². The van der Waals surface area contributed by atoms with E-state index in [4.69, 9.17) is 5.73 Å². The zero-order valence-electron chi connectivity index (χ0n) is 13.7. The fraction of sp³-hybridized carbons (Fsp3) is 0.421. The Bertz CT molecular complexity index is 643. The Labute approximate surface area is 133 Å². The zero-order chi connectivity index (χ0) is 15.7. The van der Waals surface area contributed by atoms with Crippen LogP contribution in [0.15, 0.2) is 42.7 Å². The van der Waals surface area contributed by atoms with Gasteiger partial charge in [-0.25, -0.2) is 0 Å². The van der Waals surface area contributed by atoms with Crippen molar-refractivity contribution in [3.05, 3.63) is 65.0 Å². The highest BCUT2D eigenvalue weighted by Crippen LogP contribution is 2.36. The van der Waals surface area contributed by atoms with Crippen molar-refractivity contribution >= 4 is 0 Å². The fourth-order valence-electron chi connectivity index (χ4n) is 3.21. The molecule has 0 spiro atoms. The lowest BCUT2D eigenvalue weighted by atomic mass is 9.85. The summed E-state index contributed by atoms with van der Waals surface area (Å²) in [4.78, 5) is 6.67. The van der Waals surface area contributed by atoms with E-state index in [0.29, 0.717) is 12.6 Å². The first-order valence-electron chi connectivity index (χ1n) is 7.95. The van der Waals surface area contributed by atoms with Gasteiger partial charge in [-0.15, -0.1) is 0 Å². The summed E-state index contributed by atoms with van der Waals surface area (Å²) in [6.45, 7) is 9.30. The maximum absolute atomic E-state index is 6.09. The molecule has 0 fully saturated rings. The second-order valence-electron chi connectivity index (χ2n) is 7.18. The van der Waals surface area contributed by atoms with Gasteiger partial charge in [-0.05, 0) is 33.7 Å². The first-order chi connectivity index (χ1) is 10.5. The summed E-state index contributed by atoms with van der Waals surface area (Å²) >= 11 is 0. The normalized spacial score (nSPS) is 18.5. The molecule has 116 valence electrons. The van der Waals surface area contributed by atoms with E-state index in [-0.39, 0.29) is 5.41 Å². The predicted octanol–water partition coefficient (Wildman–Crippen LogP) is 3.39. The third-order valence-electron chi connectivity index (χ3n) is 4.52. The lowest BCUT2D eigenvalue weighted by Gasteiger charge is -2.25. The summed E-state index contributed by atoms with van der Waals surface area (Å²) in [5.41, 5.74) is 11.7. The molecule has 0 radical (unpaired) electrons. The number of hydrogen-bond acceptors (Lipinski definition) is 3. The minimum atomic E-state index is 0.172. The molecule has 1 aliphatic heterocycles. The fourth-order valence-corrected chi connectivity index (χ4v) is 3.21. The van der Waals surface area contributed by atoms with Gasteiger partial charge in [0.1, 0.15) is 0 Å². The Morgan fingerprint density at radius 2 is 2.09 bits per heavy atom. The number of hydrogen-bond donors (Lipinski definition) is 1. The predicted molar refractivity (Wildman–Crippen MR) is 90.4 cm³/mol. The lowest BCUT2D eigenvalue weighted by molar-refractivity contribution is 0.210. The first kappa shape index (κ1) is 15.2.